The lowest BCUT2D eigenvalue weighted by Gasteiger charge is -2.08. The first-order chi connectivity index (χ1) is 12.4. The summed E-state index contributed by atoms with van der Waals surface area (Å²) in [5.74, 6) is 0.484. The normalized spacial score (nSPS) is 10.9. The number of halogens is 2. The lowest BCUT2D eigenvalue weighted by molar-refractivity contribution is -0.116. The monoisotopic (exact) mass is 408 g/mol. The predicted octanol–water partition coefficient (Wildman–Crippen LogP) is 6.02. The summed E-state index contributed by atoms with van der Waals surface area (Å²) in [5, 5.41) is 4.51. The number of benzene rings is 2. The van der Waals surface area contributed by atoms with Crippen LogP contribution in [-0.2, 0) is 4.79 Å². The number of nitrogens with one attached hydrogen (secondary N) is 1. The van der Waals surface area contributed by atoms with Crippen molar-refractivity contribution in [2.75, 3.05) is 11.9 Å². The van der Waals surface area contributed by atoms with Gasteiger partial charge in [-0.2, -0.15) is 0 Å². The molecule has 1 aromatic heterocycles. The van der Waals surface area contributed by atoms with E-state index in [2.05, 4.69) is 23.3 Å². The second-order valence-electron chi connectivity index (χ2n) is 5.95. The van der Waals surface area contributed by atoms with Gasteiger partial charge in [0.2, 0.25) is 5.91 Å². The molecule has 26 heavy (non-hydrogen) atoms. The minimum atomic E-state index is -0.0794. The standard InChI is InChI=1S/C19H18Cl2N2O2S/c1-11-5-8-16-18(12(11)2)23-19(26-16)22-17(24)4-3-9-25-15-7-6-13(20)10-14(15)21/h5-8,10H,3-4,9H2,1-2H3,(H,22,23,24). The molecule has 0 fully saturated rings. The van der Waals surface area contributed by atoms with Gasteiger partial charge in [-0.3, -0.25) is 4.79 Å². The van der Waals surface area contributed by atoms with Crippen LogP contribution in [-0.4, -0.2) is 17.5 Å². The first-order valence-corrected chi connectivity index (χ1v) is 9.76. The lowest BCUT2D eigenvalue weighted by atomic mass is 10.1. The highest BCUT2D eigenvalue weighted by molar-refractivity contribution is 7.22. The highest BCUT2D eigenvalue weighted by Crippen LogP contribution is 2.30. The molecule has 0 spiro atoms. The van der Waals surface area contributed by atoms with Gasteiger partial charge in [0.15, 0.2) is 5.13 Å². The summed E-state index contributed by atoms with van der Waals surface area (Å²) in [4.78, 5) is 16.7. The van der Waals surface area contributed by atoms with E-state index in [4.69, 9.17) is 27.9 Å². The van der Waals surface area contributed by atoms with Crippen LogP contribution in [0.15, 0.2) is 30.3 Å². The van der Waals surface area contributed by atoms with E-state index in [-0.39, 0.29) is 5.91 Å². The van der Waals surface area contributed by atoms with E-state index < -0.39 is 0 Å². The summed E-state index contributed by atoms with van der Waals surface area (Å²) in [5.41, 5.74) is 3.29. The molecule has 7 heteroatoms. The van der Waals surface area contributed by atoms with Crippen LogP contribution in [0.25, 0.3) is 10.2 Å². The van der Waals surface area contributed by atoms with E-state index in [1.165, 1.54) is 16.9 Å². The number of fused-ring (bicyclic) bond motifs is 1. The molecule has 0 radical (unpaired) electrons. The number of ether oxygens (including phenoxy) is 1. The average molecular weight is 409 g/mol. The summed E-state index contributed by atoms with van der Waals surface area (Å²) >= 11 is 13.4. The van der Waals surface area contributed by atoms with Crippen molar-refractivity contribution < 1.29 is 9.53 Å². The average Bonchev–Trinajstić information content (AvgIpc) is 3.00. The Kier molecular flexibility index (Phi) is 6.01. The van der Waals surface area contributed by atoms with Gasteiger partial charge in [0.05, 0.1) is 21.8 Å². The van der Waals surface area contributed by atoms with Crippen molar-refractivity contribution in [1.82, 2.24) is 4.98 Å². The van der Waals surface area contributed by atoms with Gasteiger partial charge in [-0.15, -0.1) is 0 Å². The Labute approximate surface area is 166 Å². The highest BCUT2D eigenvalue weighted by Gasteiger charge is 2.10. The first kappa shape index (κ1) is 19.0. The Balaban J connectivity index is 1.50. The second kappa shape index (κ2) is 8.25. The SMILES string of the molecule is Cc1ccc2sc(NC(=O)CCCOc3ccc(Cl)cc3Cl)nc2c1C. The molecule has 2 aromatic carbocycles. The lowest BCUT2D eigenvalue weighted by Crippen LogP contribution is -2.12. The highest BCUT2D eigenvalue weighted by atomic mass is 35.5. The smallest absolute Gasteiger partial charge is 0.226 e. The van der Waals surface area contributed by atoms with Crippen molar-refractivity contribution in [1.29, 1.82) is 0 Å². The first-order valence-electron chi connectivity index (χ1n) is 8.18. The molecule has 3 aromatic rings. The fourth-order valence-electron chi connectivity index (χ4n) is 2.47. The quantitative estimate of drug-likeness (QED) is 0.507. The Morgan fingerprint density at radius 3 is 2.81 bits per heavy atom. The maximum atomic E-state index is 12.1. The maximum Gasteiger partial charge on any atom is 0.226 e. The summed E-state index contributed by atoms with van der Waals surface area (Å²) in [6.07, 6.45) is 0.924. The zero-order chi connectivity index (χ0) is 18.7. The van der Waals surface area contributed by atoms with Crippen LogP contribution < -0.4 is 10.1 Å². The molecule has 0 bridgehead atoms. The van der Waals surface area contributed by atoms with Crippen LogP contribution in [0.4, 0.5) is 5.13 Å². The van der Waals surface area contributed by atoms with Gasteiger partial charge >= 0.3 is 0 Å². The number of thiazole rings is 1. The zero-order valence-electron chi connectivity index (χ0n) is 14.4. The third-order valence-corrected chi connectivity index (χ3v) is 5.50. The third kappa shape index (κ3) is 4.47. The van der Waals surface area contributed by atoms with Crippen molar-refractivity contribution in [2.45, 2.75) is 26.7 Å². The number of hydrogen-bond donors (Lipinski definition) is 1. The van der Waals surface area contributed by atoms with Gasteiger partial charge in [-0.05, 0) is 55.7 Å². The molecule has 3 rings (SSSR count). The van der Waals surface area contributed by atoms with Crippen molar-refractivity contribution >= 4 is 55.8 Å². The Hall–Kier alpha value is -1.82. The molecule has 0 aliphatic rings. The molecule has 0 atom stereocenters. The summed E-state index contributed by atoms with van der Waals surface area (Å²) in [7, 11) is 0. The maximum absolute atomic E-state index is 12.1. The molecule has 0 aliphatic carbocycles. The molecule has 1 heterocycles. The minimum absolute atomic E-state index is 0.0794. The van der Waals surface area contributed by atoms with Crippen molar-refractivity contribution in [3.05, 3.63) is 51.5 Å². The molecule has 0 aliphatic heterocycles. The second-order valence-corrected chi connectivity index (χ2v) is 7.82. The van der Waals surface area contributed by atoms with Crippen LogP contribution in [0.5, 0.6) is 5.75 Å². The number of carbonyl (C=O) groups is 1. The molecule has 0 unspecified atom stereocenters. The van der Waals surface area contributed by atoms with E-state index in [0.717, 1.165) is 15.8 Å². The van der Waals surface area contributed by atoms with E-state index in [1.807, 2.05) is 13.0 Å². The fourth-order valence-corrected chi connectivity index (χ4v) is 3.87. The molecule has 4 nitrogen and oxygen atoms in total. The van der Waals surface area contributed by atoms with Crippen molar-refractivity contribution in [3.63, 3.8) is 0 Å². The Bertz CT molecular complexity index is 956. The largest absolute Gasteiger partial charge is 0.492 e. The fraction of sp³-hybridized carbons (Fsp3) is 0.263. The number of hydrogen-bond acceptors (Lipinski definition) is 4. The van der Waals surface area contributed by atoms with Crippen molar-refractivity contribution in [2.24, 2.45) is 0 Å². The molecule has 0 saturated carbocycles. The third-order valence-electron chi connectivity index (χ3n) is 4.03. The van der Waals surface area contributed by atoms with Gasteiger partial charge in [0.25, 0.3) is 0 Å². The zero-order valence-corrected chi connectivity index (χ0v) is 16.8. The number of aromatic nitrogens is 1. The molecule has 1 N–H and O–H groups in total. The van der Waals surface area contributed by atoms with Crippen LogP contribution >= 0.6 is 34.5 Å². The number of aryl methyl sites for hydroxylation is 2. The number of anilines is 1. The van der Waals surface area contributed by atoms with E-state index in [9.17, 15) is 4.79 Å². The predicted molar refractivity (Wildman–Crippen MR) is 109 cm³/mol. The number of amides is 1. The number of nitrogens with zero attached hydrogens (tertiary/aromatic N) is 1. The molecule has 0 saturated heterocycles. The number of rotatable bonds is 6. The van der Waals surface area contributed by atoms with Gasteiger partial charge in [0.1, 0.15) is 5.75 Å². The van der Waals surface area contributed by atoms with Crippen LogP contribution in [0.3, 0.4) is 0 Å². The topological polar surface area (TPSA) is 51.2 Å². The van der Waals surface area contributed by atoms with Gasteiger partial charge in [-0.25, -0.2) is 4.98 Å². The van der Waals surface area contributed by atoms with E-state index >= 15 is 0 Å². The molecule has 1 amide bonds. The molecular weight excluding hydrogens is 391 g/mol. The minimum Gasteiger partial charge on any atom is -0.492 e. The van der Waals surface area contributed by atoms with Gasteiger partial charge < -0.3 is 10.1 Å². The van der Waals surface area contributed by atoms with Crippen LogP contribution in [0.2, 0.25) is 10.0 Å². The summed E-state index contributed by atoms with van der Waals surface area (Å²) in [6, 6.07) is 9.17. The van der Waals surface area contributed by atoms with Crippen LogP contribution in [0.1, 0.15) is 24.0 Å². The van der Waals surface area contributed by atoms with E-state index in [0.29, 0.717) is 40.4 Å². The summed E-state index contributed by atoms with van der Waals surface area (Å²) < 4.78 is 6.66. The summed E-state index contributed by atoms with van der Waals surface area (Å²) in [6.45, 7) is 4.49. The van der Waals surface area contributed by atoms with Crippen molar-refractivity contribution in [3.8, 4) is 5.75 Å². The van der Waals surface area contributed by atoms with Gasteiger partial charge in [-0.1, -0.05) is 40.6 Å². The van der Waals surface area contributed by atoms with Gasteiger partial charge in [0, 0.05) is 11.4 Å². The van der Waals surface area contributed by atoms with E-state index in [1.54, 1.807) is 18.2 Å². The molecule has 136 valence electrons. The number of carbonyl (C=O) groups excluding carboxylic acids is 1. The molecular formula is C19H18Cl2N2O2S. The Morgan fingerprint density at radius 2 is 2.04 bits per heavy atom. The Morgan fingerprint density at radius 1 is 1.23 bits per heavy atom. The van der Waals surface area contributed by atoms with Crippen LogP contribution in [0, 0.1) is 13.8 Å².